The fourth-order valence-electron chi connectivity index (χ4n) is 1.20. The Bertz CT molecular complexity index is 374. The molecule has 1 rings (SSSR count). The van der Waals surface area contributed by atoms with Gasteiger partial charge in [0.2, 0.25) is 11.6 Å². The van der Waals surface area contributed by atoms with Crippen molar-refractivity contribution in [2.75, 3.05) is 16.8 Å². The molecule has 1 heterocycles. The maximum absolute atomic E-state index is 13.2. The van der Waals surface area contributed by atoms with E-state index in [9.17, 15) is 17.6 Å². The Morgan fingerprint density at radius 1 is 1.18 bits per heavy atom. The van der Waals surface area contributed by atoms with Crippen molar-refractivity contribution >= 4 is 17.4 Å². The van der Waals surface area contributed by atoms with Crippen LogP contribution in [-0.2, 0) is 0 Å². The molecule has 0 spiro atoms. The highest BCUT2D eigenvalue weighted by Gasteiger charge is 2.21. The van der Waals surface area contributed by atoms with Crippen LogP contribution in [0.25, 0.3) is 0 Å². The van der Waals surface area contributed by atoms with Crippen LogP contribution in [0.4, 0.5) is 23.2 Å². The summed E-state index contributed by atoms with van der Waals surface area (Å²) in [5.74, 6) is -4.89. The van der Waals surface area contributed by atoms with Gasteiger partial charge in [0, 0.05) is 11.8 Å². The van der Waals surface area contributed by atoms with Crippen LogP contribution < -0.4 is 5.32 Å². The van der Waals surface area contributed by atoms with Crippen LogP contribution in [0.3, 0.4) is 0 Å². The molecule has 7 heteroatoms. The van der Waals surface area contributed by atoms with E-state index in [1.165, 1.54) is 0 Å². The first-order valence-corrected chi connectivity index (χ1v) is 6.17. The molecule has 0 radical (unpaired) electrons. The van der Waals surface area contributed by atoms with Gasteiger partial charge in [0.1, 0.15) is 5.69 Å². The van der Waals surface area contributed by atoms with Gasteiger partial charge in [-0.2, -0.15) is 34.3 Å². The van der Waals surface area contributed by atoms with E-state index in [4.69, 9.17) is 0 Å². The van der Waals surface area contributed by atoms with Gasteiger partial charge < -0.3 is 5.32 Å². The van der Waals surface area contributed by atoms with Gasteiger partial charge in [-0.05, 0) is 12.7 Å². The number of halogens is 4. The molecule has 1 unspecified atom stereocenters. The van der Waals surface area contributed by atoms with E-state index in [0.29, 0.717) is 5.75 Å². The summed E-state index contributed by atoms with van der Waals surface area (Å²) >= 11 is 1.55. The van der Waals surface area contributed by atoms with Gasteiger partial charge in [-0.15, -0.1) is 0 Å². The zero-order chi connectivity index (χ0) is 13.0. The van der Waals surface area contributed by atoms with E-state index < -0.39 is 29.2 Å². The van der Waals surface area contributed by atoms with Crippen molar-refractivity contribution in [3.8, 4) is 0 Å². The molecule has 0 amide bonds. The number of nitrogens with zero attached hydrogens (tertiary/aromatic N) is 1. The standard InChI is InChI=1S/C10H12F4N2S/c1-3-17-4-5(2)15-8-6(11)9(13)16-10(14)7(8)12/h5H,3-4H2,1-2H3,(H,15,16). The molecule has 0 aliphatic carbocycles. The summed E-state index contributed by atoms with van der Waals surface area (Å²) in [7, 11) is 0. The minimum atomic E-state index is -1.65. The minimum Gasteiger partial charge on any atom is -0.377 e. The van der Waals surface area contributed by atoms with E-state index in [2.05, 4.69) is 10.3 Å². The van der Waals surface area contributed by atoms with Crippen molar-refractivity contribution in [3.63, 3.8) is 0 Å². The molecular weight excluding hydrogens is 256 g/mol. The summed E-state index contributed by atoms with van der Waals surface area (Å²) < 4.78 is 52.0. The molecule has 0 aliphatic heterocycles. The Hall–Kier alpha value is -0.980. The Morgan fingerprint density at radius 2 is 1.71 bits per heavy atom. The number of anilines is 1. The van der Waals surface area contributed by atoms with Gasteiger partial charge in [-0.25, -0.2) is 0 Å². The fourth-order valence-corrected chi connectivity index (χ4v) is 1.87. The van der Waals surface area contributed by atoms with Crippen LogP contribution in [0, 0.1) is 23.5 Å². The Labute approximate surface area is 101 Å². The number of thioether (sulfide) groups is 1. The summed E-state index contributed by atoms with van der Waals surface area (Å²) in [4.78, 5) is 2.47. The molecule has 0 saturated heterocycles. The van der Waals surface area contributed by atoms with E-state index in [1.54, 1.807) is 18.7 Å². The number of hydrogen-bond donors (Lipinski definition) is 1. The van der Waals surface area contributed by atoms with Crippen molar-refractivity contribution in [2.24, 2.45) is 0 Å². The third-order valence-corrected chi connectivity index (χ3v) is 3.10. The van der Waals surface area contributed by atoms with E-state index in [0.717, 1.165) is 5.75 Å². The summed E-state index contributed by atoms with van der Waals surface area (Å²) in [5, 5.41) is 2.40. The zero-order valence-electron chi connectivity index (χ0n) is 9.36. The van der Waals surface area contributed by atoms with Crippen LogP contribution in [0.15, 0.2) is 0 Å². The van der Waals surface area contributed by atoms with Crippen molar-refractivity contribution in [2.45, 2.75) is 19.9 Å². The Balaban J connectivity index is 2.90. The summed E-state index contributed by atoms with van der Waals surface area (Å²) in [6, 6.07) is -0.315. The Morgan fingerprint density at radius 3 is 2.18 bits per heavy atom. The molecule has 1 atom stereocenters. The molecule has 1 aromatic heterocycles. The second-order valence-electron chi connectivity index (χ2n) is 3.40. The topological polar surface area (TPSA) is 24.9 Å². The summed E-state index contributed by atoms with van der Waals surface area (Å²) in [5.41, 5.74) is -0.806. The van der Waals surface area contributed by atoms with Gasteiger partial charge in [-0.1, -0.05) is 6.92 Å². The highest BCUT2D eigenvalue weighted by Crippen LogP contribution is 2.23. The third kappa shape index (κ3) is 3.49. The monoisotopic (exact) mass is 268 g/mol. The number of aromatic nitrogens is 1. The molecule has 0 saturated carbocycles. The summed E-state index contributed by atoms with van der Waals surface area (Å²) in [6.07, 6.45) is 0. The number of nitrogens with one attached hydrogen (secondary N) is 1. The van der Waals surface area contributed by atoms with Crippen molar-refractivity contribution < 1.29 is 17.6 Å². The lowest BCUT2D eigenvalue weighted by Gasteiger charge is -2.15. The van der Waals surface area contributed by atoms with Gasteiger partial charge in [0.05, 0.1) is 0 Å². The first-order valence-electron chi connectivity index (χ1n) is 5.01. The number of pyridine rings is 1. The zero-order valence-corrected chi connectivity index (χ0v) is 10.2. The second kappa shape index (κ2) is 6.09. The predicted molar refractivity (Wildman–Crippen MR) is 60.2 cm³/mol. The van der Waals surface area contributed by atoms with Gasteiger partial charge in [0.15, 0.2) is 0 Å². The molecule has 0 bridgehead atoms. The quantitative estimate of drug-likeness (QED) is 0.655. The largest absolute Gasteiger partial charge is 0.377 e. The lowest BCUT2D eigenvalue weighted by Crippen LogP contribution is -2.21. The van der Waals surface area contributed by atoms with Gasteiger partial charge in [-0.3, -0.25) is 0 Å². The average molecular weight is 268 g/mol. The molecule has 17 heavy (non-hydrogen) atoms. The first-order chi connectivity index (χ1) is 7.97. The molecule has 0 fully saturated rings. The molecule has 96 valence electrons. The predicted octanol–water partition coefficient (Wildman–Crippen LogP) is 3.19. The smallest absolute Gasteiger partial charge is 0.253 e. The lowest BCUT2D eigenvalue weighted by atomic mass is 10.3. The van der Waals surface area contributed by atoms with Crippen molar-refractivity contribution in [1.82, 2.24) is 4.98 Å². The molecule has 0 aromatic carbocycles. The van der Waals surface area contributed by atoms with Crippen molar-refractivity contribution in [1.29, 1.82) is 0 Å². The van der Waals surface area contributed by atoms with Crippen LogP contribution in [0.2, 0.25) is 0 Å². The normalized spacial score (nSPS) is 12.6. The maximum Gasteiger partial charge on any atom is 0.253 e. The SMILES string of the molecule is CCSCC(C)Nc1c(F)c(F)nc(F)c1F. The van der Waals surface area contributed by atoms with Crippen LogP contribution in [0.1, 0.15) is 13.8 Å². The maximum atomic E-state index is 13.2. The molecule has 0 aliphatic rings. The van der Waals surface area contributed by atoms with Crippen LogP contribution in [-0.4, -0.2) is 22.5 Å². The highest BCUT2D eigenvalue weighted by molar-refractivity contribution is 7.99. The molecule has 1 aromatic rings. The van der Waals surface area contributed by atoms with Crippen LogP contribution >= 0.6 is 11.8 Å². The second-order valence-corrected chi connectivity index (χ2v) is 4.72. The number of hydrogen-bond acceptors (Lipinski definition) is 3. The first kappa shape index (κ1) is 14.1. The third-order valence-electron chi connectivity index (χ3n) is 1.96. The minimum absolute atomic E-state index is 0.315. The molecule has 1 N–H and O–H groups in total. The van der Waals surface area contributed by atoms with E-state index >= 15 is 0 Å². The van der Waals surface area contributed by atoms with Crippen molar-refractivity contribution in [3.05, 3.63) is 23.5 Å². The van der Waals surface area contributed by atoms with Gasteiger partial charge in [0.25, 0.3) is 11.9 Å². The van der Waals surface area contributed by atoms with E-state index in [1.807, 2.05) is 6.92 Å². The number of rotatable bonds is 5. The average Bonchev–Trinajstić information content (AvgIpc) is 2.29. The fraction of sp³-hybridized carbons (Fsp3) is 0.500. The van der Waals surface area contributed by atoms with Gasteiger partial charge >= 0.3 is 0 Å². The summed E-state index contributed by atoms with van der Waals surface area (Å²) in [6.45, 7) is 3.60. The molecular formula is C10H12F4N2S. The molecule has 2 nitrogen and oxygen atoms in total. The lowest BCUT2D eigenvalue weighted by molar-refractivity contribution is 0.410. The highest BCUT2D eigenvalue weighted by atomic mass is 32.2. The Kier molecular flexibility index (Phi) is 5.04. The van der Waals surface area contributed by atoms with Crippen LogP contribution in [0.5, 0.6) is 0 Å². The van der Waals surface area contributed by atoms with E-state index in [-0.39, 0.29) is 6.04 Å².